The molecule has 1 aromatic heterocycles. The molecule has 0 aliphatic carbocycles. The largest absolute Gasteiger partial charge is 0.494 e. The van der Waals surface area contributed by atoms with E-state index in [4.69, 9.17) is 21.1 Å². The highest BCUT2D eigenvalue weighted by atomic mass is 35.5. The molecular weight excluding hydrogens is 716 g/mol. The average Bonchev–Trinajstić information content (AvgIpc) is 3.16. The third kappa shape index (κ3) is 9.61. The molecule has 282 valence electrons. The summed E-state index contributed by atoms with van der Waals surface area (Å²) in [6, 6.07) is 20.9. The maximum atomic E-state index is 12.6. The van der Waals surface area contributed by atoms with Crippen molar-refractivity contribution < 1.29 is 22.7 Å². The van der Waals surface area contributed by atoms with Crippen LogP contribution in [-0.2, 0) is 21.4 Å². The number of anilines is 6. The van der Waals surface area contributed by atoms with Gasteiger partial charge in [0.05, 0.1) is 36.6 Å². The minimum absolute atomic E-state index is 0.228. The van der Waals surface area contributed by atoms with Gasteiger partial charge in [-0.15, -0.1) is 0 Å². The highest BCUT2D eigenvalue weighted by Gasteiger charge is 2.27. The molecule has 2 aliphatic rings. The summed E-state index contributed by atoms with van der Waals surface area (Å²) < 4.78 is 37.0. The predicted molar refractivity (Wildman–Crippen MR) is 211 cm³/mol. The summed E-state index contributed by atoms with van der Waals surface area (Å²) in [6.45, 7) is 8.58. The normalized spacial score (nSPS) is 15.6. The first kappa shape index (κ1) is 38.0. The number of rotatable bonds is 12. The third-order valence-corrected chi connectivity index (χ3v) is 11.3. The van der Waals surface area contributed by atoms with Gasteiger partial charge in [-0.3, -0.25) is 9.21 Å². The number of benzene rings is 3. The van der Waals surface area contributed by atoms with Gasteiger partial charge < -0.3 is 29.9 Å². The fourth-order valence-corrected chi connectivity index (χ4v) is 7.38. The number of methoxy groups -OCH3 is 1. The lowest BCUT2D eigenvalue weighted by molar-refractivity contribution is 0.0768. The van der Waals surface area contributed by atoms with E-state index in [0.717, 1.165) is 81.7 Å². The highest BCUT2D eigenvalue weighted by molar-refractivity contribution is 7.92. The van der Waals surface area contributed by atoms with Crippen LogP contribution in [0.2, 0.25) is 5.02 Å². The molecule has 1 amide bonds. The first-order valence-corrected chi connectivity index (χ1v) is 19.9. The Bertz CT molecular complexity index is 1990. The minimum Gasteiger partial charge on any atom is -0.494 e. The molecule has 53 heavy (non-hydrogen) atoms. The molecule has 15 heteroatoms. The van der Waals surface area contributed by atoms with E-state index in [-0.39, 0.29) is 11.1 Å². The Labute approximate surface area is 316 Å². The standard InChI is InChI=1S/C38H47ClN8O5S/c1-27-22-32(42-37-40-24-30(39)36(43-37)41-31-12-8-9-13-33(31)44(2)53(4,49)50)35(51-3)23-34(27)46-20-18-45(19-21-46)25-28-14-16-47(17-15-28)38(48)52-26-29-10-6-5-7-11-29/h5-13,22-24,28H,14-21,25-26H2,1-4H3,(H2,40,41,42,43). The molecule has 0 saturated carbocycles. The summed E-state index contributed by atoms with van der Waals surface area (Å²) in [5.74, 6) is 1.81. The summed E-state index contributed by atoms with van der Waals surface area (Å²) in [6.07, 6.45) is 4.36. The van der Waals surface area contributed by atoms with Crippen molar-refractivity contribution in [2.45, 2.75) is 26.4 Å². The fraction of sp³-hybridized carbons (Fsp3) is 0.395. The number of carbonyl (C=O) groups is 1. The summed E-state index contributed by atoms with van der Waals surface area (Å²) in [5.41, 5.74) is 4.86. The summed E-state index contributed by atoms with van der Waals surface area (Å²) in [4.78, 5) is 28.4. The number of aromatic nitrogens is 2. The molecule has 0 bridgehead atoms. The van der Waals surface area contributed by atoms with E-state index in [0.29, 0.717) is 47.1 Å². The van der Waals surface area contributed by atoms with Gasteiger partial charge in [0.2, 0.25) is 16.0 Å². The molecule has 2 fully saturated rings. The highest BCUT2D eigenvalue weighted by Crippen LogP contribution is 2.36. The van der Waals surface area contributed by atoms with Crippen molar-refractivity contribution >= 4 is 62.2 Å². The van der Waals surface area contributed by atoms with Crippen LogP contribution in [0.25, 0.3) is 0 Å². The minimum atomic E-state index is -3.49. The van der Waals surface area contributed by atoms with Crippen LogP contribution in [0.1, 0.15) is 24.0 Å². The molecule has 3 aromatic carbocycles. The van der Waals surface area contributed by atoms with E-state index in [1.807, 2.05) is 47.4 Å². The van der Waals surface area contributed by atoms with Gasteiger partial charge in [-0.1, -0.05) is 54.1 Å². The Morgan fingerprint density at radius 1 is 0.962 bits per heavy atom. The zero-order chi connectivity index (χ0) is 37.5. The SMILES string of the molecule is COc1cc(N2CCN(CC3CCN(C(=O)OCc4ccccc4)CC3)CC2)c(C)cc1Nc1ncc(Cl)c(Nc2ccccc2N(C)S(C)(=O)=O)n1. The average molecular weight is 763 g/mol. The van der Waals surface area contributed by atoms with Gasteiger partial charge >= 0.3 is 6.09 Å². The van der Waals surface area contributed by atoms with Gasteiger partial charge in [0, 0.05) is 64.6 Å². The molecular formula is C38H47ClN8O5S. The smallest absolute Gasteiger partial charge is 0.410 e. The van der Waals surface area contributed by atoms with Crippen LogP contribution in [0.15, 0.2) is 72.9 Å². The van der Waals surface area contributed by atoms with Crippen molar-refractivity contribution in [3.8, 4) is 5.75 Å². The lowest BCUT2D eigenvalue weighted by Gasteiger charge is -2.40. The van der Waals surface area contributed by atoms with E-state index in [1.165, 1.54) is 17.5 Å². The van der Waals surface area contributed by atoms with Crippen molar-refractivity contribution in [1.82, 2.24) is 19.8 Å². The number of halogens is 1. The first-order chi connectivity index (χ1) is 25.5. The number of sulfonamides is 1. The van der Waals surface area contributed by atoms with Crippen LogP contribution in [0, 0.1) is 12.8 Å². The molecule has 0 atom stereocenters. The number of amides is 1. The quantitative estimate of drug-likeness (QED) is 0.164. The number of carbonyl (C=O) groups excluding carboxylic acids is 1. The van der Waals surface area contributed by atoms with E-state index < -0.39 is 10.0 Å². The second-order valence-electron chi connectivity index (χ2n) is 13.5. The van der Waals surface area contributed by atoms with Crippen LogP contribution in [0.3, 0.4) is 0 Å². The van der Waals surface area contributed by atoms with Gasteiger partial charge in [-0.25, -0.2) is 18.2 Å². The molecule has 4 aromatic rings. The number of ether oxygens (including phenoxy) is 2. The van der Waals surface area contributed by atoms with Crippen LogP contribution < -0.4 is 24.6 Å². The number of hydrogen-bond acceptors (Lipinski definition) is 11. The van der Waals surface area contributed by atoms with Gasteiger partial charge in [-0.2, -0.15) is 4.98 Å². The Balaban J connectivity index is 1.03. The summed E-state index contributed by atoms with van der Waals surface area (Å²) >= 11 is 6.47. The van der Waals surface area contributed by atoms with Crippen molar-refractivity contribution in [2.24, 2.45) is 5.92 Å². The number of para-hydroxylation sites is 2. The Morgan fingerprint density at radius 3 is 2.36 bits per heavy atom. The number of nitrogens with zero attached hydrogens (tertiary/aromatic N) is 6. The van der Waals surface area contributed by atoms with E-state index in [2.05, 4.69) is 37.3 Å². The van der Waals surface area contributed by atoms with Gasteiger partial charge in [0.25, 0.3) is 0 Å². The Hall–Kier alpha value is -4.79. The lowest BCUT2D eigenvalue weighted by atomic mass is 9.96. The number of nitrogens with one attached hydrogen (secondary N) is 2. The molecule has 2 N–H and O–H groups in total. The molecule has 0 spiro atoms. The predicted octanol–water partition coefficient (Wildman–Crippen LogP) is 6.50. The second-order valence-corrected chi connectivity index (χ2v) is 15.9. The summed E-state index contributed by atoms with van der Waals surface area (Å²) in [5, 5.41) is 6.71. The number of piperidine rings is 1. The van der Waals surface area contributed by atoms with Crippen molar-refractivity contribution in [2.75, 3.05) is 86.1 Å². The molecule has 2 aliphatic heterocycles. The third-order valence-electron chi connectivity index (χ3n) is 9.81. The van der Waals surface area contributed by atoms with Gasteiger partial charge in [0.15, 0.2) is 5.82 Å². The Morgan fingerprint density at radius 2 is 1.66 bits per heavy atom. The van der Waals surface area contributed by atoms with Crippen LogP contribution in [-0.4, -0.2) is 101 Å². The van der Waals surface area contributed by atoms with Crippen molar-refractivity contribution in [3.05, 3.63) is 89.1 Å². The molecule has 0 unspecified atom stereocenters. The molecule has 2 saturated heterocycles. The van der Waals surface area contributed by atoms with E-state index in [9.17, 15) is 13.2 Å². The van der Waals surface area contributed by atoms with Crippen molar-refractivity contribution in [1.29, 1.82) is 0 Å². The van der Waals surface area contributed by atoms with Crippen molar-refractivity contribution in [3.63, 3.8) is 0 Å². The molecule has 0 radical (unpaired) electrons. The van der Waals surface area contributed by atoms with Crippen LogP contribution in [0.5, 0.6) is 5.75 Å². The second kappa shape index (κ2) is 16.9. The number of aryl methyl sites for hydroxylation is 1. The van der Waals surface area contributed by atoms with E-state index in [1.54, 1.807) is 31.4 Å². The summed E-state index contributed by atoms with van der Waals surface area (Å²) in [7, 11) is -0.368. The van der Waals surface area contributed by atoms with Crippen LogP contribution >= 0.6 is 11.6 Å². The maximum absolute atomic E-state index is 12.6. The van der Waals surface area contributed by atoms with Gasteiger partial charge in [-0.05, 0) is 55.0 Å². The zero-order valence-electron chi connectivity index (χ0n) is 30.6. The number of hydrogen-bond donors (Lipinski definition) is 2. The topological polar surface area (TPSA) is 132 Å². The number of likely N-dealkylation sites (tertiary alicyclic amines) is 1. The zero-order valence-corrected chi connectivity index (χ0v) is 32.2. The first-order valence-electron chi connectivity index (χ1n) is 17.7. The Kier molecular flexibility index (Phi) is 12.1. The number of piperazine rings is 1. The molecule has 13 nitrogen and oxygen atoms in total. The fourth-order valence-electron chi connectivity index (χ4n) is 6.73. The van der Waals surface area contributed by atoms with Gasteiger partial charge in [0.1, 0.15) is 17.4 Å². The van der Waals surface area contributed by atoms with E-state index >= 15 is 0 Å². The van der Waals surface area contributed by atoms with Crippen LogP contribution in [0.4, 0.5) is 39.3 Å². The monoisotopic (exact) mass is 762 g/mol. The molecule has 3 heterocycles. The molecule has 6 rings (SSSR count). The lowest BCUT2D eigenvalue weighted by Crippen LogP contribution is -2.49. The maximum Gasteiger partial charge on any atom is 0.410 e.